The summed E-state index contributed by atoms with van der Waals surface area (Å²) in [6.07, 6.45) is 5.43. The Kier molecular flexibility index (Phi) is 6.25. The Labute approximate surface area is 172 Å². The molecule has 1 atom stereocenters. The summed E-state index contributed by atoms with van der Waals surface area (Å²) in [5.74, 6) is 1.31. The number of rotatable bonds is 5. The average Bonchev–Trinajstić information content (AvgIpc) is 2.76. The van der Waals surface area contributed by atoms with Gasteiger partial charge in [0.2, 0.25) is 0 Å². The highest BCUT2D eigenvalue weighted by molar-refractivity contribution is 5.55. The van der Waals surface area contributed by atoms with Crippen molar-refractivity contribution >= 4 is 11.6 Å². The molecule has 0 amide bonds. The average molecular weight is 399 g/mol. The highest BCUT2D eigenvalue weighted by atomic mass is 19.1. The second-order valence-electron chi connectivity index (χ2n) is 8.16. The van der Waals surface area contributed by atoms with E-state index in [0.717, 1.165) is 57.2 Å². The van der Waals surface area contributed by atoms with Gasteiger partial charge in [-0.25, -0.2) is 14.4 Å². The number of hydrogen-bond acceptors (Lipinski definition) is 6. The molecule has 3 heterocycles. The minimum absolute atomic E-state index is 0.174. The number of nitrogens with zero attached hydrogens (tertiary/aromatic N) is 5. The van der Waals surface area contributed by atoms with Gasteiger partial charge in [0.25, 0.3) is 0 Å². The van der Waals surface area contributed by atoms with Gasteiger partial charge in [0.1, 0.15) is 23.8 Å². The summed E-state index contributed by atoms with van der Waals surface area (Å²) in [7, 11) is 0. The van der Waals surface area contributed by atoms with Crippen molar-refractivity contribution < 1.29 is 4.39 Å². The first-order chi connectivity index (χ1) is 14.1. The predicted octanol–water partition coefficient (Wildman–Crippen LogP) is 2.86. The van der Waals surface area contributed by atoms with Crippen molar-refractivity contribution in [3.05, 3.63) is 47.5 Å². The van der Waals surface area contributed by atoms with Gasteiger partial charge in [-0.05, 0) is 50.6 Å². The third kappa shape index (κ3) is 4.67. The Morgan fingerprint density at radius 3 is 2.34 bits per heavy atom. The van der Waals surface area contributed by atoms with Gasteiger partial charge < -0.3 is 15.5 Å². The summed E-state index contributed by atoms with van der Waals surface area (Å²) < 4.78 is 13.5. The molecule has 29 heavy (non-hydrogen) atoms. The molecule has 7 heteroatoms. The molecular weight excluding hydrogens is 367 g/mol. The Hall–Kier alpha value is -2.25. The lowest BCUT2D eigenvalue weighted by Crippen LogP contribution is -2.50. The van der Waals surface area contributed by atoms with E-state index in [1.54, 1.807) is 18.5 Å². The van der Waals surface area contributed by atoms with Gasteiger partial charge >= 0.3 is 0 Å². The monoisotopic (exact) mass is 398 g/mol. The number of piperazine rings is 1. The van der Waals surface area contributed by atoms with E-state index in [0.29, 0.717) is 5.82 Å². The second-order valence-corrected chi connectivity index (χ2v) is 8.16. The molecule has 2 aliphatic rings. The fraction of sp³-hybridized carbons (Fsp3) is 0.545. The first-order valence-corrected chi connectivity index (χ1v) is 10.7. The van der Waals surface area contributed by atoms with Gasteiger partial charge in [-0.15, -0.1) is 0 Å². The van der Waals surface area contributed by atoms with Crippen molar-refractivity contribution in [1.29, 1.82) is 0 Å². The first-order valence-electron chi connectivity index (χ1n) is 10.7. The lowest BCUT2D eigenvalue weighted by Gasteiger charge is -2.42. The van der Waals surface area contributed by atoms with E-state index in [-0.39, 0.29) is 11.9 Å². The number of benzene rings is 1. The lowest BCUT2D eigenvalue weighted by atomic mass is 10.0. The molecule has 2 N–H and O–H groups in total. The Balaban J connectivity index is 1.48. The van der Waals surface area contributed by atoms with E-state index in [1.165, 1.54) is 24.8 Å². The highest BCUT2D eigenvalue weighted by Gasteiger charge is 2.28. The number of aromatic nitrogens is 2. The molecule has 2 fully saturated rings. The van der Waals surface area contributed by atoms with Crippen LogP contribution < -0.4 is 10.6 Å². The van der Waals surface area contributed by atoms with Crippen LogP contribution in [0.25, 0.3) is 0 Å². The summed E-state index contributed by atoms with van der Waals surface area (Å²) in [6, 6.07) is 7.35. The van der Waals surface area contributed by atoms with Crippen LogP contribution in [-0.2, 0) is 0 Å². The fourth-order valence-corrected chi connectivity index (χ4v) is 4.52. The molecule has 2 aliphatic heterocycles. The minimum Gasteiger partial charge on any atom is -0.383 e. The molecule has 0 radical (unpaired) electrons. The quantitative estimate of drug-likeness (QED) is 0.836. The number of halogens is 1. The van der Waals surface area contributed by atoms with Crippen LogP contribution in [-0.4, -0.2) is 65.6 Å². The van der Waals surface area contributed by atoms with Crippen LogP contribution in [0, 0.1) is 12.7 Å². The molecule has 1 aromatic carbocycles. The van der Waals surface area contributed by atoms with Gasteiger partial charge in [-0.1, -0.05) is 18.6 Å². The van der Waals surface area contributed by atoms with E-state index in [4.69, 9.17) is 5.73 Å². The number of hydrogen-bond donors (Lipinski definition) is 1. The zero-order valence-electron chi connectivity index (χ0n) is 17.2. The standard InChI is InChI=1S/C22H31FN6/c1-17-21(24)25-16-26-22(17)29-13-11-28(12-14-29)20(15-27-9-3-2-4-10-27)18-5-7-19(23)8-6-18/h5-8,16,20H,2-4,9-15H2,1H3,(H2,24,25,26). The smallest absolute Gasteiger partial charge is 0.137 e. The molecule has 0 aliphatic carbocycles. The maximum atomic E-state index is 13.5. The lowest BCUT2D eigenvalue weighted by molar-refractivity contribution is 0.119. The molecule has 0 bridgehead atoms. The molecule has 6 nitrogen and oxygen atoms in total. The summed E-state index contributed by atoms with van der Waals surface area (Å²) in [5, 5.41) is 0. The second kappa shape index (κ2) is 9.05. The summed E-state index contributed by atoms with van der Waals surface area (Å²) in [6.45, 7) is 9.00. The minimum atomic E-state index is -0.174. The number of nitrogens with two attached hydrogens (primary N) is 1. The highest BCUT2D eigenvalue weighted by Crippen LogP contribution is 2.27. The maximum absolute atomic E-state index is 13.5. The van der Waals surface area contributed by atoms with Crippen molar-refractivity contribution in [2.24, 2.45) is 0 Å². The Morgan fingerprint density at radius 2 is 1.66 bits per heavy atom. The third-order valence-electron chi connectivity index (χ3n) is 6.29. The van der Waals surface area contributed by atoms with Gasteiger partial charge in [0.15, 0.2) is 0 Å². The van der Waals surface area contributed by atoms with Gasteiger partial charge in [-0.2, -0.15) is 0 Å². The van der Waals surface area contributed by atoms with E-state index >= 15 is 0 Å². The van der Waals surface area contributed by atoms with Crippen molar-refractivity contribution in [2.75, 3.05) is 56.4 Å². The van der Waals surface area contributed by atoms with Crippen molar-refractivity contribution in [3.63, 3.8) is 0 Å². The summed E-state index contributed by atoms with van der Waals surface area (Å²) >= 11 is 0. The van der Waals surface area contributed by atoms with Crippen molar-refractivity contribution in [1.82, 2.24) is 19.8 Å². The maximum Gasteiger partial charge on any atom is 0.137 e. The van der Waals surface area contributed by atoms with E-state index < -0.39 is 0 Å². The van der Waals surface area contributed by atoms with Crippen molar-refractivity contribution in [3.8, 4) is 0 Å². The third-order valence-corrected chi connectivity index (χ3v) is 6.29. The van der Waals surface area contributed by atoms with Gasteiger partial charge in [0.05, 0.1) is 0 Å². The van der Waals surface area contributed by atoms with E-state index in [1.807, 2.05) is 19.1 Å². The number of likely N-dealkylation sites (tertiary alicyclic amines) is 1. The zero-order chi connectivity index (χ0) is 20.2. The van der Waals surface area contributed by atoms with Crippen LogP contribution >= 0.6 is 0 Å². The van der Waals surface area contributed by atoms with Crippen LogP contribution in [0.2, 0.25) is 0 Å². The van der Waals surface area contributed by atoms with E-state index in [2.05, 4.69) is 24.7 Å². The zero-order valence-corrected chi connectivity index (χ0v) is 17.2. The molecule has 1 unspecified atom stereocenters. The fourth-order valence-electron chi connectivity index (χ4n) is 4.52. The van der Waals surface area contributed by atoms with Crippen LogP contribution in [0.4, 0.5) is 16.0 Å². The Morgan fingerprint density at radius 1 is 0.966 bits per heavy atom. The summed E-state index contributed by atoms with van der Waals surface area (Å²) in [5.41, 5.74) is 8.12. The molecule has 2 saturated heterocycles. The van der Waals surface area contributed by atoms with Crippen LogP contribution in [0.15, 0.2) is 30.6 Å². The largest absolute Gasteiger partial charge is 0.383 e. The van der Waals surface area contributed by atoms with Crippen LogP contribution in [0.5, 0.6) is 0 Å². The van der Waals surface area contributed by atoms with Crippen LogP contribution in [0.1, 0.15) is 36.4 Å². The number of piperidine rings is 1. The molecule has 0 spiro atoms. The molecule has 156 valence electrons. The van der Waals surface area contributed by atoms with E-state index in [9.17, 15) is 4.39 Å². The molecule has 4 rings (SSSR count). The Bertz CT molecular complexity index is 797. The normalized spacial score (nSPS) is 20.0. The summed E-state index contributed by atoms with van der Waals surface area (Å²) in [4.78, 5) is 15.9. The number of nitrogen functional groups attached to an aromatic ring is 1. The van der Waals surface area contributed by atoms with Crippen molar-refractivity contribution in [2.45, 2.75) is 32.2 Å². The topological polar surface area (TPSA) is 61.5 Å². The first kappa shape index (κ1) is 20.0. The number of anilines is 2. The SMILES string of the molecule is Cc1c(N)ncnc1N1CCN(C(CN2CCCCC2)c2ccc(F)cc2)CC1. The van der Waals surface area contributed by atoms with Gasteiger partial charge in [-0.3, -0.25) is 4.90 Å². The molecule has 2 aromatic rings. The van der Waals surface area contributed by atoms with Gasteiger partial charge in [0, 0.05) is 44.3 Å². The van der Waals surface area contributed by atoms with Crippen LogP contribution in [0.3, 0.4) is 0 Å². The molecule has 0 saturated carbocycles. The molecule has 1 aromatic heterocycles. The predicted molar refractivity (Wildman–Crippen MR) is 114 cm³/mol. The molecular formula is C22H31FN6.